The van der Waals surface area contributed by atoms with Crippen LogP contribution in [0.3, 0.4) is 0 Å². The summed E-state index contributed by atoms with van der Waals surface area (Å²) in [4.78, 5) is 34.3. The topological polar surface area (TPSA) is 71.5 Å². The summed E-state index contributed by atoms with van der Waals surface area (Å²) in [6, 6.07) is 15.9. The molecule has 6 nitrogen and oxygen atoms in total. The van der Waals surface area contributed by atoms with E-state index in [-0.39, 0.29) is 17.9 Å². The zero-order chi connectivity index (χ0) is 23.0. The summed E-state index contributed by atoms with van der Waals surface area (Å²) in [5.74, 6) is 0.266. The number of nitrogens with zero attached hydrogens (tertiary/aromatic N) is 2. The number of nitrogens with one attached hydrogen (secondary N) is 1. The van der Waals surface area contributed by atoms with Crippen LogP contribution in [-0.4, -0.2) is 34.8 Å². The zero-order valence-electron chi connectivity index (χ0n) is 18.8. The summed E-state index contributed by atoms with van der Waals surface area (Å²) in [7, 11) is 1.61. The molecule has 4 rings (SSSR count). The highest BCUT2D eigenvalue weighted by atomic mass is 32.1. The van der Waals surface area contributed by atoms with Gasteiger partial charge in [-0.25, -0.2) is 0 Å². The van der Waals surface area contributed by atoms with Crippen LogP contribution in [0, 0.1) is 0 Å². The van der Waals surface area contributed by atoms with Crippen LogP contribution in [0.15, 0.2) is 66.2 Å². The van der Waals surface area contributed by atoms with Crippen LogP contribution in [0.2, 0.25) is 0 Å². The Morgan fingerprint density at radius 3 is 2.52 bits per heavy atom. The van der Waals surface area contributed by atoms with Gasteiger partial charge in [0.2, 0.25) is 5.91 Å². The minimum atomic E-state index is -0.783. The molecule has 172 valence electrons. The predicted molar refractivity (Wildman–Crippen MR) is 129 cm³/mol. The van der Waals surface area contributed by atoms with E-state index in [2.05, 4.69) is 10.3 Å². The quantitative estimate of drug-likeness (QED) is 0.511. The van der Waals surface area contributed by atoms with Gasteiger partial charge < -0.3 is 15.0 Å². The third-order valence-corrected chi connectivity index (χ3v) is 6.86. The van der Waals surface area contributed by atoms with Gasteiger partial charge in [0.1, 0.15) is 17.5 Å². The molecule has 1 atom stereocenters. The van der Waals surface area contributed by atoms with Crippen molar-refractivity contribution in [2.45, 2.75) is 50.7 Å². The summed E-state index contributed by atoms with van der Waals surface area (Å²) in [5, 5.41) is 5.21. The SMILES string of the molecule is COc1ccc([C@@H](C(=O)NC2CCCCC2)N(Cc2cccs2)C(=O)c2ccccn2)cc1. The first-order chi connectivity index (χ1) is 16.2. The van der Waals surface area contributed by atoms with E-state index in [0.29, 0.717) is 18.0 Å². The predicted octanol–water partition coefficient (Wildman–Crippen LogP) is 4.98. The fourth-order valence-electron chi connectivity index (χ4n) is 4.27. The van der Waals surface area contributed by atoms with Gasteiger partial charge in [-0.1, -0.05) is 43.5 Å². The van der Waals surface area contributed by atoms with Gasteiger partial charge in [0, 0.05) is 17.1 Å². The smallest absolute Gasteiger partial charge is 0.273 e. The lowest BCUT2D eigenvalue weighted by molar-refractivity contribution is -0.127. The summed E-state index contributed by atoms with van der Waals surface area (Å²) in [5.41, 5.74) is 1.06. The van der Waals surface area contributed by atoms with Crippen LogP contribution in [-0.2, 0) is 11.3 Å². The Kier molecular flexibility index (Phi) is 7.73. The van der Waals surface area contributed by atoms with Crippen LogP contribution in [0.25, 0.3) is 0 Å². The van der Waals surface area contributed by atoms with Crippen molar-refractivity contribution in [2.24, 2.45) is 0 Å². The molecule has 0 aliphatic heterocycles. The maximum Gasteiger partial charge on any atom is 0.273 e. The lowest BCUT2D eigenvalue weighted by Gasteiger charge is -2.33. The molecule has 0 saturated heterocycles. The van der Waals surface area contributed by atoms with E-state index >= 15 is 0 Å². The Morgan fingerprint density at radius 1 is 1.09 bits per heavy atom. The number of carbonyl (C=O) groups excluding carboxylic acids is 2. The number of pyridine rings is 1. The molecule has 1 fully saturated rings. The second kappa shape index (κ2) is 11.1. The standard InChI is InChI=1S/C26H29N3O3S/c1-32-21-14-12-19(13-15-21)24(25(30)28-20-8-3-2-4-9-20)29(18-22-10-7-17-33-22)26(31)23-11-5-6-16-27-23/h5-7,10-17,20,24H,2-4,8-9,18H2,1H3,(H,28,30)/t24-/m0/s1. The molecule has 0 radical (unpaired) electrons. The number of amides is 2. The van der Waals surface area contributed by atoms with Crippen molar-refractivity contribution >= 4 is 23.2 Å². The number of methoxy groups -OCH3 is 1. The Hall–Kier alpha value is -3.19. The Balaban J connectivity index is 1.71. The van der Waals surface area contributed by atoms with Gasteiger partial charge in [-0.05, 0) is 54.1 Å². The first-order valence-corrected chi connectivity index (χ1v) is 12.2. The van der Waals surface area contributed by atoms with Crippen molar-refractivity contribution < 1.29 is 14.3 Å². The molecule has 1 aliphatic rings. The first-order valence-electron chi connectivity index (χ1n) is 11.3. The second-order valence-electron chi connectivity index (χ2n) is 8.25. The summed E-state index contributed by atoms with van der Waals surface area (Å²) in [6.45, 7) is 0.321. The largest absolute Gasteiger partial charge is 0.497 e. The fourth-order valence-corrected chi connectivity index (χ4v) is 4.98. The number of hydrogen-bond donors (Lipinski definition) is 1. The van der Waals surface area contributed by atoms with Gasteiger partial charge in [-0.15, -0.1) is 11.3 Å². The molecule has 1 aliphatic carbocycles. The number of thiophene rings is 1. The van der Waals surface area contributed by atoms with Gasteiger partial charge in [-0.2, -0.15) is 0 Å². The molecule has 2 heterocycles. The molecule has 1 saturated carbocycles. The van der Waals surface area contributed by atoms with Crippen LogP contribution >= 0.6 is 11.3 Å². The first kappa shape index (κ1) is 23.0. The molecule has 0 spiro atoms. The van der Waals surface area contributed by atoms with E-state index < -0.39 is 6.04 Å². The highest BCUT2D eigenvalue weighted by molar-refractivity contribution is 7.09. The Bertz CT molecular complexity index is 1030. The second-order valence-corrected chi connectivity index (χ2v) is 9.28. The molecule has 1 aromatic carbocycles. The summed E-state index contributed by atoms with van der Waals surface area (Å²) < 4.78 is 5.30. The van der Waals surface area contributed by atoms with E-state index in [1.54, 1.807) is 47.7 Å². The van der Waals surface area contributed by atoms with E-state index in [0.717, 1.165) is 36.1 Å². The van der Waals surface area contributed by atoms with Crippen molar-refractivity contribution in [1.82, 2.24) is 15.2 Å². The maximum atomic E-state index is 13.7. The normalized spacial score (nSPS) is 14.9. The van der Waals surface area contributed by atoms with Crippen molar-refractivity contribution in [3.05, 3.63) is 82.3 Å². The molecule has 7 heteroatoms. The van der Waals surface area contributed by atoms with Gasteiger partial charge in [0.05, 0.1) is 13.7 Å². The van der Waals surface area contributed by atoms with Crippen LogP contribution in [0.4, 0.5) is 0 Å². The minimum Gasteiger partial charge on any atom is -0.497 e. The number of hydrogen-bond acceptors (Lipinski definition) is 5. The molecule has 33 heavy (non-hydrogen) atoms. The monoisotopic (exact) mass is 463 g/mol. The third kappa shape index (κ3) is 5.79. The molecule has 1 N–H and O–H groups in total. The van der Waals surface area contributed by atoms with Crippen LogP contribution in [0.5, 0.6) is 5.75 Å². The zero-order valence-corrected chi connectivity index (χ0v) is 19.6. The molecule has 0 bridgehead atoms. The molecule has 0 unspecified atom stereocenters. The molecule has 2 aromatic heterocycles. The minimum absolute atomic E-state index is 0.139. The van der Waals surface area contributed by atoms with E-state index in [9.17, 15) is 9.59 Å². The molecular weight excluding hydrogens is 434 g/mol. The van der Waals surface area contributed by atoms with Gasteiger partial charge >= 0.3 is 0 Å². The maximum absolute atomic E-state index is 13.7. The fraction of sp³-hybridized carbons (Fsp3) is 0.346. The Labute approximate surface area is 198 Å². The summed E-state index contributed by atoms with van der Waals surface area (Å²) >= 11 is 1.56. The lowest BCUT2D eigenvalue weighted by Crippen LogP contribution is -2.47. The van der Waals surface area contributed by atoms with Crippen LogP contribution < -0.4 is 10.1 Å². The third-order valence-electron chi connectivity index (χ3n) is 5.99. The number of carbonyl (C=O) groups is 2. The van der Waals surface area contributed by atoms with Crippen molar-refractivity contribution in [1.29, 1.82) is 0 Å². The van der Waals surface area contributed by atoms with Gasteiger partial charge in [0.15, 0.2) is 0 Å². The van der Waals surface area contributed by atoms with Gasteiger partial charge in [-0.3, -0.25) is 14.6 Å². The number of benzene rings is 1. The number of ether oxygens (including phenoxy) is 1. The average Bonchev–Trinajstić information content (AvgIpc) is 3.38. The van der Waals surface area contributed by atoms with Crippen LogP contribution in [0.1, 0.15) is 59.1 Å². The van der Waals surface area contributed by atoms with Gasteiger partial charge in [0.25, 0.3) is 5.91 Å². The lowest BCUT2D eigenvalue weighted by atomic mass is 9.94. The Morgan fingerprint density at radius 2 is 1.88 bits per heavy atom. The van der Waals surface area contributed by atoms with E-state index in [1.165, 1.54) is 6.42 Å². The van der Waals surface area contributed by atoms with Crippen molar-refractivity contribution in [2.75, 3.05) is 7.11 Å². The van der Waals surface area contributed by atoms with Crippen molar-refractivity contribution in [3.63, 3.8) is 0 Å². The van der Waals surface area contributed by atoms with E-state index in [1.807, 2.05) is 41.8 Å². The highest BCUT2D eigenvalue weighted by Crippen LogP contribution is 2.29. The molecular formula is C26H29N3O3S. The van der Waals surface area contributed by atoms with Crippen molar-refractivity contribution in [3.8, 4) is 5.75 Å². The molecule has 2 amide bonds. The number of aromatic nitrogens is 1. The highest BCUT2D eigenvalue weighted by Gasteiger charge is 2.34. The number of rotatable bonds is 8. The average molecular weight is 464 g/mol. The summed E-state index contributed by atoms with van der Waals surface area (Å²) in [6.07, 6.45) is 6.98. The molecule has 3 aromatic rings. The van der Waals surface area contributed by atoms with E-state index in [4.69, 9.17) is 4.74 Å².